The maximum atomic E-state index is 13.7. The van der Waals surface area contributed by atoms with Gasteiger partial charge in [0.05, 0.1) is 15.9 Å². The minimum atomic E-state index is -4.65. The zero-order chi connectivity index (χ0) is 25.0. The first-order valence-electron chi connectivity index (χ1n) is 10.7. The summed E-state index contributed by atoms with van der Waals surface area (Å²) in [7, 11) is -4.04. The summed E-state index contributed by atoms with van der Waals surface area (Å²) in [6, 6.07) is 14.0. The highest BCUT2D eigenvalue weighted by molar-refractivity contribution is 7.89. The predicted octanol–water partition coefficient (Wildman–Crippen LogP) is 4.84. The second-order valence-corrected chi connectivity index (χ2v) is 10.3. The van der Waals surface area contributed by atoms with Gasteiger partial charge in [0.15, 0.2) is 11.5 Å². The molecular formula is C25H22F3NO5S. The number of ether oxygens (including phenoxy) is 2. The fraction of sp³-hybridized carbons (Fsp3) is 0.240. The summed E-state index contributed by atoms with van der Waals surface area (Å²) < 4.78 is 75.2. The molecule has 1 fully saturated rings. The average Bonchev–Trinajstić information content (AvgIpc) is 3.49. The molecule has 3 aromatic carbocycles. The number of carbonyl (C=O) groups excluding carboxylic acids is 1. The zero-order valence-electron chi connectivity index (χ0n) is 18.3. The Kier molecular flexibility index (Phi) is 5.41. The van der Waals surface area contributed by atoms with Crippen LogP contribution >= 0.6 is 0 Å². The van der Waals surface area contributed by atoms with E-state index in [1.807, 2.05) is 0 Å². The van der Waals surface area contributed by atoms with Gasteiger partial charge in [0.2, 0.25) is 16.8 Å². The molecule has 0 atom stereocenters. The van der Waals surface area contributed by atoms with Crippen molar-refractivity contribution in [1.82, 2.24) is 0 Å². The first-order valence-corrected chi connectivity index (χ1v) is 12.3. The van der Waals surface area contributed by atoms with E-state index in [0.29, 0.717) is 24.3 Å². The summed E-state index contributed by atoms with van der Waals surface area (Å²) in [6.07, 6.45) is -3.68. The van der Waals surface area contributed by atoms with Crippen LogP contribution in [0.4, 0.5) is 13.2 Å². The Morgan fingerprint density at radius 1 is 0.971 bits per heavy atom. The number of halogens is 3. The van der Waals surface area contributed by atoms with E-state index in [1.54, 1.807) is 18.2 Å². The summed E-state index contributed by atoms with van der Waals surface area (Å²) in [5.74, 6) is 0.929. The third-order valence-corrected chi connectivity index (χ3v) is 7.30. The maximum absolute atomic E-state index is 13.7. The average molecular weight is 506 g/mol. The normalized spacial score (nSPS) is 16.2. The monoisotopic (exact) mass is 505 g/mol. The van der Waals surface area contributed by atoms with Crippen LogP contribution < -0.4 is 14.6 Å². The molecule has 2 N–H and O–H groups in total. The number of Topliss-reactive ketones (excluding diaryl/α,β-unsaturated/α-hetero) is 1. The largest absolute Gasteiger partial charge is 0.454 e. The van der Waals surface area contributed by atoms with E-state index >= 15 is 0 Å². The van der Waals surface area contributed by atoms with Crippen molar-refractivity contribution >= 4 is 15.8 Å². The Balaban J connectivity index is 0.00000304. The van der Waals surface area contributed by atoms with Gasteiger partial charge in [-0.15, -0.1) is 0 Å². The minimum Gasteiger partial charge on any atom is -0.454 e. The Morgan fingerprint density at radius 3 is 2.40 bits per heavy atom. The van der Waals surface area contributed by atoms with E-state index in [1.165, 1.54) is 30.3 Å². The van der Waals surface area contributed by atoms with Gasteiger partial charge in [-0.3, -0.25) is 4.79 Å². The predicted molar refractivity (Wildman–Crippen MR) is 123 cm³/mol. The number of hydrogen-bond donors (Lipinski definition) is 1. The molecule has 1 saturated carbocycles. The van der Waals surface area contributed by atoms with Crippen LogP contribution in [-0.4, -0.2) is 21.0 Å². The molecule has 6 nitrogen and oxygen atoms in total. The number of hydrogen-bond acceptors (Lipinski definition) is 5. The molecule has 0 radical (unpaired) electrons. The standard InChI is InChI=1S/C25H20F3NO5S.H2/c26-25(27,28)19-9-15(8-17(11-19)16-2-1-3-20(12-16)35(29,31)32)10-23(30)24(6-7-24)18-4-5-21-22(13-18)34-14-33-21;/h1-5,8-9,11-13H,6-7,10,14H2,(H2,29,31,32);1H. The third-order valence-electron chi connectivity index (χ3n) is 6.39. The number of ketones is 1. The van der Waals surface area contributed by atoms with Crippen LogP contribution in [0.15, 0.2) is 65.6 Å². The van der Waals surface area contributed by atoms with Crippen LogP contribution in [-0.2, 0) is 32.8 Å². The summed E-state index contributed by atoms with van der Waals surface area (Å²) >= 11 is 0. The molecule has 0 bridgehead atoms. The molecule has 35 heavy (non-hydrogen) atoms. The molecule has 10 heteroatoms. The number of fused-ring (bicyclic) bond motifs is 1. The number of primary sulfonamides is 1. The van der Waals surface area contributed by atoms with Gasteiger partial charge in [-0.05, 0) is 71.5 Å². The lowest BCUT2D eigenvalue weighted by Crippen LogP contribution is -2.22. The fourth-order valence-electron chi connectivity index (χ4n) is 4.38. The number of sulfonamides is 1. The number of alkyl halides is 3. The van der Waals surface area contributed by atoms with Gasteiger partial charge < -0.3 is 9.47 Å². The highest BCUT2D eigenvalue weighted by Crippen LogP contribution is 2.51. The number of carbonyl (C=O) groups is 1. The van der Waals surface area contributed by atoms with Crippen molar-refractivity contribution in [2.45, 2.75) is 35.7 Å². The molecule has 0 saturated heterocycles. The van der Waals surface area contributed by atoms with Crippen molar-refractivity contribution in [2.24, 2.45) is 5.14 Å². The summed E-state index contributed by atoms with van der Waals surface area (Å²) in [4.78, 5) is 13.1. The molecule has 3 aromatic rings. The van der Waals surface area contributed by atoms with E-state index in [4.69, 9.17) is 14.6 Å². The van der Waals surface area contributed by atoms with Crippen LogP contribution in [0.1, 0.15) is 31.0 Å². The van der Waals surface area contributed by atoms with Gasteiger partial charge in [0, 0.05) is 7.85 Å². The smallest absolute Gasteiger partial charge is 0.416 e. The van der Waals surface area contributed by atoms with Crippen molar-refractivity contribution in [1.29, 1.82) is 0 Å². The van der Waals surface area contributed by atoms with Gasteiger partial charge in [0.25, 0.3) is 0 Å². The lowest BCUT2D eigenvalue weighted by molar-refractivity contribution is -0.137. The van der Waals surface area contributed by atoms with Crippen molar-refractivity contribution in [3.8, 4) is 22.6 Å². The highest BCUT2D eigenvalue weighted by Gasteiger charge is 2.51. The van der Waals surface area contributed by atoms with Gasteiger partial charge in [-0.2, -0.15) is 13.2 Å². The molecule has 0 amide bonds. The fourth-order valence-corrected chi connectivity index (χ4v) is 4.94. The molecule has 184 valence electrons. The van der Waals surface area contributed by atoms with E-state index in [2.05, 4.69) is 0 Å². The van der Waals surface area contributed by atoms with Gasteiger partial charge in [-0.1, -0.05) is 24.3 Å². The molecule has 1 aliphatic heterocycles. The van der Waals surface area contributed by atoms with Gasteiger partial charge in [0.1, 0.15) is 5.78 Å². The van der Waals surface area contributed by atoms with Crippen LogP contribution in [0.5, 0.6) is 11.5 Å². The molecule has 0 unspecified atom stereocenters. The van der Waals surface area contributed by atoms with E-state index < -0.39 is 27.2 Å². The second kappa shape index (κ2) is 8.10. The lowest BCUT2D eigenvalue weighted by Gasteiger charge is -2.17. The van der Waals surface area contributed by atoms with Crippen molar-refractivity contribution in [2.75, 3.05) is 6.79 Å². The van der Waals surface area contributed by atoms with Crippen molar-refractivity contribution in [3.05, 3.63) is 77.4 Å². The maximum Gasteiger partial charge on any atom is 0.416 e. The van der Waals surface area contributed by atoms with E-state index in [0.717, 1.165) is 17.7 Å². The topological polar surface area (TPSA) is 95.7 Å². The lowest BCUT2D eigenvalue weighted by atomic mass is 9.87. The SMILES string of the molecule is NS(=O)(=O)c1cccc(-c2cc(CC(=O)C3(c4ccc5c(c4)OCO5)CC3)cc(C(F)(F)F)c2)c1.[HH]. The molecule has 1 aliphatic carbocycles. The van der Waals surface area contributed by atoms with Crippen LogP contribution in [0.25, 0.3) is 11.1 Å². The molecule has 0 aromatic heterocycles. The number of nitrogens with two attached hydrogens (primary N) is 1. The summed E-state index contributed by atoms with van der Waals surface area (Å²) in [5.41, 5.74) is -0.378. The zero-order valence-corrected chi connectivity index (χ0v) is 19.1. The molecule has 0 spiro atoms. The second-order valence-electron chi connectivity index (χ2n) is 8.74. The summed E-state index contributed by atoms with van der Waals surface area (Å²) in [6.45, 7) is 0.0966. The van der Waals surface area contributed by atoms with Crippen molar-refractivity contribution < 1.29 is 37.3 Å². The van der Waals surface area contributed by atoms with E-state index in [9.17, 15) is 26.4 Å². The Bertz CT molecular complexity index is 1450. The first kappa shape index (κ1) is 23.4. The molecule has 1 heterocycles. The minimum absolute atomic E-state index is 0. The Labute approximate surface area is 201 Å². The quantitative estimate of drug-likeness (QED) is 0.517. The van der Waals surface area contributed by atoms with Gasteiger partial charge in [-0.25, -0.2) is 13.6 Å². The first-order chi connectivity index (χ1) is 16.5. The number of rotatable bonds is 6. The summed E-state index contributed by atoms with van der Waals surface area (Å²) in [5, 5.41) is 5.17. The third kappa shape index (κ3) is 4.51. The van der Waals surface area contributed by atoms with Gasteiger partial charge >= 0.3 is 6.18 Å². The Morgan fingerprint density at radius 2 is 1.71 bits per heavy atom. The van der Waals surface area contributed by atoms with Crippen molar-refractivity contribution in [3.63, 3.8) is 0 Å². The molecule has 5 rings (SSSR count). The number of benzene rings is 3. The Hall–Kier alpha value is -3.37. The van der Waals surface area contributed by atoms with Crippen LogP contribution in [0.2, 0.25) is 0 Å². The van der Waals surface area contributed by atoms with E-state index in [-0.39, 0.29) is 42.0 Å². The van der Waals surface area contributed by atoms with Crippen LogP contribution in [0, 0.1) is 0 Å². The van der Waals surface area contributed by atoms with Crippen LogP contribution in [0.3, 0.4) is 0 Å². The molecular weight excluding hydrogens is 483 g/mol. The molecule has 2 aliphatic rings. The highest BCUT2D eigenvalue weighted by atomic mass is 32.2.